The van der Waals surface area contributed by atoms with Crippen molar-refractivity contribution in [3.8, 4) is 0 Å². The minimum absolute atomic E-state index is 0.0471. The monoisotopic (exact) mass is 318 g/mol. The number of rotatable bonds is 2. The van der Waals surface area contributed by atoms with Crippen LogP contribution in [0.25, 0.3) is 0 Å². The molecule has 1 nitrogen and oxygen atoms in total. The maximum absolute atomic E-state index is 13.3. The summed E-state index contributed by atoms with van der Waals surface area (Å²) in [5.41, 5.74) is -0.403. The molecule has 0 aliphatic heterocycles. The van der Waals surface area contributed by atoms with Gasteiger partial charge in [0.25, 0.3) is 0 Å². The summed E-state index contributed by atoms with van der Waals surface area (Å²) in [6.45, 7) is 1.70. The van der Waals surface area contributed by atoms with E-state index in [4.69, 9.17) is 11.6 Å². The molecule has 0 aliphatic carbocycles. The Balaban J connectivity index is 2.49. The average molecular weight is 319 g/mol. The van der Waals surface area contributed by atoms with Crippen molar-refractivity contribution in [3.05, 3.63) is 69.5 Å². The minimum Gasteiger partial charge on any atom is -0.384 e. The van der Waals surface area contributed by atoms with Crippen molar-refractivity contribution in [1.29, 1.82) is 0 Å². The number of aryl methyl sites for hydroxylation is 1. The number of hydrogen-bond donors (Lipinski definition) is 1. The van der Waals surface area contributed by atoms with Gasteiger partial charge < -0.3 is 5.11 Å². The van der Waals surface area contributed by atoms with E-state index in [1.165, 1.54) is 6.07 Å². The van der Waals surface area contributed by atoms with Crippen LogP contribution in [0.15, 0.2) is 36.4 Å². The fourth-order valence-electron chi connectivity index (χ4n) is 2.02. The summed E-state index contributed by atoms with van der Waals surface area (Å²) >= 11 is 5.83. The lowest BCUT2D eigenvalue weighted by Gasteiger charge is -2.17. The normalized spacial score (nSPS) is 13.3. The number of hydrogen-bond acceptors (Lipinski definition) is 1. The second-order valence-corrected chi connectivity index (χ2v) is 5.08. The van der Waals surface area contributed by atoms with Crippen LogP contribution < -0.4 is 0 Å². The fourth-order valence-corrected chi connectivity index (χ4v) is 2.20. The van der Waals surface area contributed by atoms with Crippen molar-refractivity contribution in [1.82, 2.24) is 0 Å². The molecule has 1 unspecified atom stereocenters. The standard InChI is InChI=1S/C15H11ClF4O/c1-8-2-4-10(16)7-11(8)14(21)9-3-5-13(17)12(6-9)15(18,19)20/h2-7,14,21H,1H3. The van der Waals surface area contributed by atoms with Crippen LogP contribution in [0.2, 0.25) is 5.02 Å². The first-order chi connectivity index (χ1) is 9.70. The number of aliphatic hydroxyl groups is 1. The molecule has 0 aromatic heterocycles. The third kappa shape index (κ3) is 3.36. The molecule has 0 saturated carbocycles. The molecule has 6 heteroatoms. The second kappa shape index (κ2) is 5.66. The molecule has 112 valence electrons. The van der Waals surface area contributed by atoms with Crippen molar-refractivity contribution in [3.63, 3.8) is 0 Å². The first kappa shape index (κ1) is 15.8. The molecule has 0 bridgehead atoms. The topological polar surface area (TPSA) is 20.2 Å². The molecule has 2 aromatic carbocycles. The van der Waals surface area contributed by atoms with Gasteiger partial charge in [0, 0.05) is 5.02 Å². The molecule has 0 radical (unpaired) electrons. The molecule has 2 rings (SSSR count). The van der Waals surface area contributed by atoms with E-state index in [0.29, 0.717) is 28.3 Å². The maximum Gasteiger partial charge on any atom is 0.419 e. The van der Waals surface area contributed by atoms with Gasteiger partial charge in [-0.2, -0.15) is 13.2 Å². The maximum atomic E-state index is 13.3. The number of benzene rings is 2. The predicted octanol–water partition coefficient (Wildman–Crippen LogP) is 4.89. The summed E-state index contributed by atoms with van der Waals surface area (Å²) in [7, 11) is 0. The van der Waals surface area contributed by atoms with Gasteiger partial charge in [-0.15, -0.1) is 0 Å². The van der Waals surface area contributed by atoms with E-state index in [0.717, 1.165) is 6.07 Å². The van der Waals surface area contributed by atoms with Gasteiger partial charge in [-0.25, -0.2) is 4.39 Å². The van der Waals surface area contributed by atoms with E-state index in [1.54, 1.807) is 19.1 Å². The smallest absolute Gasteiger partial charge is 0.384 e. The molecule has 1 atom stereocenters. The Labute approximate surface area is 123 Å². The van der Waals surface area contributed by atoms with E-state index < -0.39 is 23.7 Å². The third-order valence-corrected chi connectivity index (χ3v) is 3.38. The summed E-state index contributed by atoms with van der Waals surface area (Å²) in [5.74, 6) is -1.37. The highest BCUT2D eigenvalue weighted by atomic mass is 35.5. The summed E-state index contributed by atoms with van der Waals surface area (Å²) in [4.78, 5) is 0. The van der Waals surface area contributed by atoms with E-state index >= 15 is 0 Å². The van der Waals surface area contributed by atoms with Gasteiger partial charge in [0.15, 0.2) is 0 Å². The molecule has 0 aliphatic rings. The van der Waals surface area contributed by atoms with Crippen LogP contribution in [-0.2, 0) is 6.18 Å². The highest BCUT2D eigenvalue weighted by molar-refractivity contribution is 6.30. The zero-order chi connectivity index (χ0) is 15.8. The van der Waals surface area contributed by atoms with Crippen LogP contribution in [0.5, 0.6) is 0 Å². The summed E-state index contributed by atoms with van der Waals surface area (Å²) in [6, 6.07) is 7.16. The van der Waals surface area contributed by atoms with Crippen LogP contribution in [-0.4, -0.2) is 5.11 Å². The Morgan fingerprint density at radius 3 is 2.38 bits per heavy atom. The summed E-state index contributed by atoms with van der Waals surface area (Å²) in [6.07, 6.45) is -6.13. The van der Waals surface area contributed by atoms with Crippen LogP contribution in [0.3, 0.4) is 0 Å². The van der Waals surface area contributed by atoms with Crippen molar-refractivity contribution in [2.24, 2.45) is 0 Å². The molecule has 0 heterocycles. The van der Waals surface area contributed by atoms with Crippen LogP contribution in [0.1, 0.15) is 28.4 Å². The SMILES string of the molecule is Cc1ccc(Cl)cc1C(O)c1ccc(F)c(C(F)(F)F)c1. The van der Waals surface area contributed by atoms with Crippen LogP contribution >= 0.6 is 11.6 Å². The Morgan fingerprint density at radius 1 is 1.10 bits per heavy atom. The number of halogens is 5. The summed E-state index contributed by atoms with van der Waals surface area (Å²) in [5, 5.41) is 10.6. The van der Waals surface area contributed by atoms with Gasteiger partial charge in [-0.1, -0.05) is 23.7 Å². The lowest BCUT2D eigenvalue weighted by Crippen LogP contribution is -2.10. The lowest BCUT2D eigenvalue weighted by molar-refractivity contribution is -0.140. The Morgan fingerprint density at radius 2 is 1.76 bits per heavy atom. The molecule has 0 amide bonds. The van der Waals surface area contributed by atoms with Gasteiger partial charge >= 0.3 is 6.18 Å². The fraction of sp³-hybridized carbons (Fsp3) is 0.200. The van der Waals surface area contributed by atoms with E-state index in [-0.39, 0.29) is 5.56 Å². The Hall–Kier alpha value is -1.59. The van der Waals surface area contributed by atoms with E-state index in [2.05, 4.69) is 0 Å². The molecular formula is C15H11ClF4O. The zero-order valence-electron chi connectivity index (χ0n) is 10.9. The minimum atomic E-state index is -4.82. The average Bonchev–Trinajstić information content (AvgIpc) is 2.40. The Kier molecular flexibility index (Phi) is 4.25. The van der Waals surface area contributed by atoms with Gasteiger partial charge in [0.1, 0.15) is 11.9 Å². The van der Waals surface area contributed by atoms with Crippen LogP contribution in [0, 0.1) is 12.7 Å². The summed E-state index contributed by atoms with van der Waals surface area (Å²) < 4.78 is 51.3. The predicted molar refractivity (Wildman–Crippen MR) is 71.7 cm³/mol. The quantitative estimate of drug-likeness (QED) is 0.782. The van der Waals surface area contributed by atoms with Gasteiger partial charge in [0.2, 0.25) is 0 Å². The van der Waals surface area contributed by atoms with Crippen molar-refractivity contribution in [2.45, 2.75) is 19.2 Å². The molecule has 21 heavy (non-hydrogen) atoms. The molecule has 0 spiro atoms. The zero-order valence-corrected chi connectivity index (χ0v) is 11.6. The molecular weight excluding hydrogens is 308 g/mol. The molecule has 1 N–H and O–H groups in total. The van der Waals surface area contributed by atoms with Crippen molar-refractivity contribution < 1.29 is 22.7 Å². The molecule has 0 saturated heterocycles. The van der Waals surface area contributed by atoms with E-state index in [9.17, 15) is 22.7 Å². The lowest BCUT2D eigenvalue weighted by atomic mass is 9.96. The van der Waals surface area contributed by atoms with E-state index in [1.807, 2.05) is 0 Å². The number of aliphatic hydroxyl groups excluding tert-OH is 1. The first-order valence-corrected chi connectivity index (χ1v) is 6.38. The second-order valence-electron chi connectivity index (χ2n) is 4.64. The highest BCUT2D eigenvalue weighted by Gasteiger charge is 2.34. The third-order valence-electron chi connectivity index (χ3n) is 3.15. The van der Waals surface area contributed by atoms with Crippen LogP contribution in [0.4, 0.5) is 17.6 Å². The number of alkyl halides is 3. The van der Waals surface area contributed by atoms with Crippen molar-refractivity contribution in [2.75, 3.05) is 0 Å². The highest BCUT2D eigenvalue weighted by Crippen LogP contribution is 2.35. The Bertz CT molecular complexity index is 667. The largest absolute Gasteiger partial charge is 0.419 e. The van der Waals surface area contributed by atoms with Gasteiger partial charge in [0.05, 0.1) is 5.56 Å². The molecule has 0 fully saturated rings. The van der Waals surface area contributed by atoms with Crippen molar-refractivity contribution >= 4 is 11.6 Å². The molecule has 2 aromatic rings. The van der Waals surface area contributed by atoms with Gasteiger partial charge in [-0.3, -0.25) is 0 Å². The first-order valence-electron chi connectivity index (χ1n) is 6.01. The van der Waals surface area contributed by atoms with Gasteiger partial charge in [-0.05, 0) is 47.9 Å².